The third-order valence-electron chi connectivity index (χ3n) is 4.82. The summed E-state index contributed by atoms with van der Waals surface area (Å²) in [5.41, 5.74) is 2.23. The lowest BCUT2D eigenvalue weighted by Gasteiger charge is -2.31. The Morgan fingerprint density at radius 1 is 1.23 bits per heavy atom. The summed E-state index contributed by atoms with van der Waals surface area (Å²) in [5, 5.41) is 1.14. The number of aromatic nitrogens is 1. The molecule has 0 N–H and O–H groups in total. The fraction of sp³-hybridized carbons (Fsp3) is 0.333. The number of hydrogen-bond donors (Lipinski definition) is 0. The highest BCUT2D eigenvalue weighted by Crippen LogP contribution is 2.33. The molecule has 1 saturated heterocycles. The number of carbonyl (C=O) groups excluding carboxylic acids is 1. The highest BCUT2D eigenvalue weighted by atomic mass is 32.1. The number of amides is 1. The van der Waals surface area contributed by atoms with Gasteiger partial charge in [0.2, 0.25) is 0 Å². The summed E-state index contributed by atoms with van der Waals surface area (Å²) in [4.78, 5) is 19.3. The van der Waals surface area contributed by atoms with Gasteiger partial charge in [-0.3, -0.25) is 4.79 Å². The first kappa shape index (κ1) is 17.0. The molecule has 1 aliphatic rings. The van der Waals surface area contributed by atoms with Gasteiger partial charge in [-0.2, -0.15) is 0 Å². The Hall–Kier alpha value is -2.40. The Morgan fingerprint density at radius 3 is 2.85 bits per heavy atom. The van der Waals surface area contributed by atoms with Crippen molar-refractivity contribution in [2.75, 3.05) is 19.7 Å². The minimum absolute atomic E-state index is 0.0522. The summed E-state index contributed by atoms with van der Waals surface area (Å²) in [5.74, 6) is 1.12. The van der Waals surface area contributed by atoms with E-state index in [0.29, 0.717) is 5.92 Å². The highest BCUT2D eigenvalue weighted by molar-refractivity contribution is 7.18. The molecule has 1 fully saturated rings. The average Bonchev–Trinajstić information content (AvgIpc) is 3.12. The summed E-state index contributed by atoms with van der Waals surface area (Å²) in [6.45, 7) is 3.66. The Balaban J connectivity index is 1.39. The maximum Gasteiger partial charge on any atom is 0.260 e. The number of fused-ring (bicyclic) bond motifs is 1. The van der Waals surface area contributed by atoms with E-state index >= 15 is 0 Å². The van der Waals surface area contributed by atoms with Gasteiger partial charge in [0.1, 0.15) is 5.75 Å². The Kier molecular flexibility index (Phi) is 4.89. The predicted octanol–water partition coefficient (Wildman–Crippen LogP) is 4.39. The van der Waals surface area contributed by atoms with Crippen LogP contribution in [0.4, 0.5) is 0 Å². The third-order valence-corrected chi connectivity index (χ3v) is 6.02. The number of hydrogen-bond acceptors (Lipinski definition) is 4. The van der Waals surface area contributed by atoms with Gasteiger partial charge in [0.15, 0.2) is 6.61 Å². The predicted molar refractivity (Wildman–Crippen MR) is 105 cm³/mol. The molecule has 26 heavy (non-hydrogen) atoms. The third kappa shape index (κ3) is 3.73. The van der Waals surface area contributed by atoms with Crippen molar-refractivity contribution in [3.8, 4) is 5.75 Å². The normalized spacial score (nSPS) is 17.4. The molecular formula is C21H22N2O2S. The lowest BCUT2D eigenvalue weighted by molar-refractivity contribution is -0.134. The van der Waals surface area contributed by atoms with E-state index in [2.05, 4.69) is 12.1 Å². The molecule has 2 heterocycles. The van der Waals surface area contributed by atoms with Gasteiger partial charge < -0.3 is 9.64 Å². The van der Waals surface area contributed by atoms with E-state index in [-0.39, 0.29) is 12.5 Å². The first-order chi connectivity index (χ1) is 12.7. The molecule has 1 atom stereocenters. The smallest absolute Gasteiger partial charge is 0.260 e. The molecule has 1 aromatic heterocycles. The van der Waals surface area contributed by atoms with Gasteiger partial charge in [0.25, 0.3) is 5.91 Å². The van der Waals surface area contributed by atoms with Gasteiger partial charge in [-0.25, -0.2) is 4.98 Å². The van der Waals surface area contributed by atoms with Crippen molar-refractivity contribution in [3.05, 3.63) is 59.1 Å². The van der Waals surface area contributed by atoms with E-state index in [1.165, 1.54) is 10.3 Å². The maximum absolute atomic E-state index is 12.6. The monoisotopic (exact) mass is 366 g/mol. The first-order valence-corrected chi connectivity index (χ1v) is 9.83. The van der Waals surface area contributed by atoms with Gasteiger partial charge in [-0.1, -0.05) is 29.8 Å². The van der Waals surface area contributed by atoms with Crippen molar-refractivity contribution in [2.45, 2.75) is 25.7 Å². The van der Waals surface area contributed by atoms with Crippen LogP contribution in [0.25, 0.3) is 10.2 Å². The molecule has 0 spiro atoms. The number of nitrogens with zero attached hydrogens (tertiary/aromatic N) is 2. The minimum Gasteiger partial charge on any atom is -0.484 e. The summed E-state index contributed by atoms with van der Waals surface area (Å²) in [6, 6.07) is 16.0. The Labute approximate surface area is 157 Å². The van der Waals surface area contributed by atoms with Gasteiger partial charge in [0.05, 0.1) is 15.2 Å². The molecule has 1 amide bonds. The standard InChI is InChI=1S/C21H22N2O2S/c1-15-8-10-17(11-9-15)25-14-20(24)23-12-4-5-16(13-23)21-22-18-6-2-3-7-19(18)26-21/h2-3,6-11,16H,4-5,12-14H2,1H3/t16-/m0/s1. The van der Waals surface area contributed by atoms with Gasteiger partial charge >= 0.3 is 0 Å². The van der Waals surface area contributed by atoms with Crippen molar-refractivity contribution in [1.29, 1.82) is 0 Å². The van der Waals surface area contributed by atoms with Crippen LogP contribution in [0, 0.1) is 6.92 Å². The number of aryl methyl sites for hydroxylation is 1. The lowest BCUT2D eigenvalue weighted by atomic mass is 9.99. The van der Waals surface area contributed by atoms with Crippen molar-refractivity contribution in [1.82, 2.24) is 9.88 Å². The molecule has 3 aromatic rings. The van der Waals surface area contributed by atoms with E-state index in [1.807, 2.05) is 48.2 Å². The molecule has 4 nitrogen and oxygen atoms in total. The average molecular weight is 366 g/mol. The largest absolute Gasteiger partial charge is 0.484 e. The SMILES string of the molecule is Cc1ccc(OCC(=O)N2CCC[C@H](c3nc4ccccc4s3)C2)cc1. The zero-order valence-corrected chi connectivity index (χ0v) is 15.7. The van der Waals surface area contributed by atoms with Crippen molar-refractivity contribution >= 4 is 27.5 Å². The van der Waals surface area contributed by atoms with Crippen LogP contribution in [-0.2, 0) is 4.79 Å². The topological polar surface area (TPSA) is 42.4 Å². The van der Waals surface area contributed by atoms with E-state index in [0.717, 1.165) is 42.2 Å². The van der Waals surface area contributed by atoms with Gasteiger partial charge in [-0.05, 0) is 44.0 Å². The van der Waals surface area contributed by atoms with Crippen molar-refractivity contribution < 1.29 is 9.53 Å². The number of likely N-dealkylation sites (tertiary alicyclic amines) is 1. The Morgan fingerprint density at radius 2 is 2.04 bits per heavy atom. The number of rotatable bonds is 4. The van der Waals surface area contributed by atoms with Crippen LogP contribution in [0.2, 0.25) is 0 Å². The minimum atomic E-state index is 0.0522. The molecule has 0 aliphatic carbocycles. The van der Waals surface area contributed by atoms with Crippen molar-refractivity contribution in [3.63, 3.8) is 0 Å². The quantitative estimate of drug-likeness (QED) is 0.688. The molecular weight excluding hydrogens is 344 g/mol. The van der Waals surface area contributed by atoms with E-state index in [4.69, 9.17) is 9.72 Å². The molecule has 0 unspecified atom stereocenters. The number of para-hydroxylation sites is 1. The van der Waals surface area contributed by atoms with Gasteiger partial charge in [0, 0.05) is 19.0 Å². The van der Waals surface area contributed by atoms with Crippen LogP contribution in [0.3, 0.4) is 0 Å². The molecule has 2 aromatic carbocycles. The highest BCUT2D eigenvalue weighted by Gasteiger charge is 2.27. The molecule has 4 rings (SSSR count). The summed E-state index contributed by atoms with van der Waals surface area (Å²) >= 11 is 1.75. The summed E-state index contributed by atoms with van der Waals surface area (Å²) in [7, 11) is 0. The van der Waals surface area contributed by atoms with Crippen LogP contribution in [-0.4, -0.2) is 35.5 Å². The zero-order chi connectivity index (χ0) is 17.9. The van der Waals surface area contributed by atoms with Crippen LogP contribution in [0.1, 0.15) is 29.3 Å². The van der Waals surface area contributed by atoms with Crippen LogP contribution in [0.15, 0.2) is 48.5 Å². The summed E-state index contributed by atoms with van der Waals surface area (Å²) < 4.78 is 6.88. The van der Waals surface area contributed by atoms with E-state index in [9.17, 15) is 4.79 Å². The fourth-order valence-electron chi connectivity index (χ4n) is 3.34. The number of ether oxygens (including phenoxy) is 1. The number of carbonyl (C=O) groups is 1. The molecule has 0 radical (unpaired) electrons. The first-order valence-electron chi connectivity index (χ1n) is 9.02. The van der Waals surface area contributed by atoms with E-state index in [1.54, 1.807) is 11.3 Å². The van der Waals surface area contributed by atoms with Crippen LogP contribution >= 0.6 is 11.3 Å². The molecule has 1 aliphatic heterocycles. The van der Waals surface area contributed by atoms with Crippen LogP contribution in [0.5, 0.6) is 5.75 Å². The fourth-order valence-corrected chi connectivity index (χ4v) is 4.43. The molecule has 0 saturated carbocycles. The second-order valence-electron chi connectivity index (χ2n) is 6.80. The molecule has 0 bridgehead atoms. The number of piperidine rings is 1. The van der Waals surface area contributed by atoms with Crippen molar-refractivity contribution in [2.24, 2.45) is 0 Å². The Bertz CT molecular complexity index is 871. The van der Waals surface area contributed by atoms with Crippen LogP contribution < -0.4 is 4.74 Å². The van der Waals surface area contributed by atoms with E-state index < -0.39 is 0 Å². The molecule has 5 heteroatoms. The second-order valence-corrected chi connectivity index (χ2v) is 7.86. The molecule has 134 valence electrons. The zero-order valence-electron chi connectivity index (χ0n) is 14.9. The van der Waals surface area contributed by atoms with Gasteiger partial charge in [-0.15, -0.1) is 11.3 Å². The number of thiazole rings is 1. The maximum atomic E-state index is 12.6. The second kappa shape index (κ2) is 7.46. The number of benzene rings is 2. The lowest BCUT2D eigenvalue weighted by Crippen LogP contribution is -2.41. The summed E-state index contributed by atoms with van der Waals surface area (Å²) in [6.07, 6.45) is 2.10.